The van der Waals surface area contributed by atoms with Crippen LogP contribution in [0.1, 0.15) is 117 Å². The molecule has 0 amide bonds. The van der Waals surface area contributed by atoms with Gasteiger partial charge in [0, 0.05) is 6.42 Å². The van der Waals surface area contributed by atoms with Crippen molar-refractivity contribution in [3.8, 4) is 0 Å². The molecule has 1 unspecified atom stereocenters. The molecule has 0 aromatic heterocycles. The third-order valence-electron chi connectivity index (χ3n) is 4.28. The third kappa shape index (κ3) is 28.5. The summed E-state index contributed by atoms with van der Waals surface area (Å²) in [6.45, 7) is 3.95. The molecule has 0 aliphatic heterocycles. The van der Waals surface area contributed by atoms with Crippen LogP contribution in [0.15, 0.2) is 0 Å². The first-order valence-corrected chi connectivity index (χ1v) is 11.4. The Balaban J connectivity index is 0. The fourth-order valence-electron chi connectivity index (χ4n) is 2.88. The minimum atomic E-state index is -0.501. The van der Waals surface area contributed by atoms with Crippen molar-refractivity contribution in [2.45, 2.75) is 122 Å². The third-order valence-corrected chi connectivity index (χ3v) is 4.37. The van der Waals surface area contributed by atoms with Crippen molar-refractivity contribution < 1.29 is 9.53 Å². The largest absolute Gasteiger partial charge is 0.446 e. The lowest BCUT2D eigenvalue weighted by molar-refractivity contribution is -0.144. The van der Waals surface area contributed by atoms with E-state index in [0.717, 1.165) is 12.8 Å². The number of hydrogen-bond donors (Lipinski definition) is 1. The number of esters is 1. The maximum Gasteiger partial charge on any atom is 0.307 e. The Hall–Kier alpha value is -0.280. The first-order chi connectivity index (χ1) is 12.6. The van der Waals surface area contributed by atoms with Crippen LogP contribution in [0, 0.1) is 0 Å². The molecule has 4 heteroatoms. The zero-order valence-corrected chi connectivity index (χ0v) is 18.8. The fourth-order valence-corrected chi connectivity index (χ4v) is 2.98. The molecule has 0 saturated heterocycles. The van der Waals surface area contributed by atoms with E-state index in [9.17, 15) is 4.79 Å². The zero-order chi connectivity index (χ0) is 19.9. The van der Waals surface area contributed by atoms with Crippen LogP contribution in [0.25, 0.3) is 0 Å². The van der Waals surface area contributed by atoms with E-state index in [0.29, 0.717) is 6.42 Å². The monoisotopic (exact) mass is 391 g/mol. The number of unbranched alkanes of at least 4 members (excludes halogenated alkanes) is 14. The van der Waals surface area contributed by atoms with Crippen molar-refractivity contribution in [1.82, 2.24) is 5.32 Å². The van der Waals surface area contributed by atoms with Gasteiger partial charge in [-0.2, -0.15) is 0 Å². The highest BCUT2D eigenvalue weighted by Gasteiger charge is 2.05. The number of carbonyl (C=O) groups is 1. The Bertz CT molecular complexity index is 273. The molecule has 0 saturated carbocycles. The van der Waals surface area contributed by atoms with Gasteiger partial charge < -0.3 is 10.1 Å². The summed E-state index contributed by atoms with van der Waals surface area (Å²) in [5, 5.41) is 2.75. The number of hydrogen-bond acceptors (Lipinski definition) is 3. The van der Waals surface area contributed by atoms with Crippen molar-refractivity contribution in [1.29, 1.82) is 0 Å². The van der Waals surface area contributed by atoms with Crippen LogP contribution in [0.4, 0.5) is 0 Å². The molecule has 26 heavy (non-hydrogen) atoms. The number of alkyl halides is 1. The Kier molecular flexibility index (Phi) is 26.6. The smallest absolute Gasteiger partial charge is 0.307 e. The van der Waals surface area contributed by atoms with E-state index < -0.39 is 5.56 Å². The first-order valence-electron chi connectivity index (χ1n) is 11.0. The van der Waals surface area contributed by atoms with Crippen molar-refractivity contribution in [2.24, 2.45) is 0 Å². The molecule has 158 valence electrons. The predicted octanol–water partition coefficient (Wildman–Crippen LogP) is 7.21. The Morgan fingerprint density at radius 2 is 1.08 bits per heavy atom. The molecule has 0 fully saturated rings. The number of ether oxygens (including phenoxy) is 1. The van der Waals surface area contributed by atoms with Gasteiger partial charge >= 0.3 is 5.97 Å². The quantitative estimate of drug-likeness (QED) is 0.162. The molecule has 0 aromatic rings. The van der Waals surface area contributed by atoms with Gasteiger partial charge in [0.2, 0.25) is 0 Å². The highest BCUT2D eigenvalue weighted by atomic mass is 35.5. The molecule has 1 atom stereocenters. The Labute approximate surface area is 169 Å². The van der Waals surface area contributed by atoms with Gasteiger partial charge in [-0.05, 0) is 27.4 Å². The molecule has 0 spiro atoms. The van der Waals surface area contributed by atoms with E-state index in [1.54, 1.807) is 6.92 Å². The summed E-state index contributed by atoms with van der Waals surface area (Å²) in [6.07, 6.45) is 20.6. The van der Waals surface area contributed by atoms with Crippen LogP contribution in [-0.2, 0) is 9.53 Å². The summed E-state index contributed by atoms with van der Waals surface area (Å²) in [5.41, 5.74) is -0.501. The minimum absolute atomic E-state index is 0.165. The summed E-state index contributed by atoms with van der Waals surface area (Å²) >= 11 is 5.60. The lowest BCUT2D eigenvalue weighted by Gasteiger charge is -2.06. The van der Waals surface area contributed by atoms with Gasteiger partial charge in [0.1, 0.15) is 0 Å². The summed E-state index contributed by atoms with van der Waals surface area (Å²) in [6, 6.07) is 0. The van der Waals surface area contributed by atoms with Crippen LogP contribution in [-0.4, -0.2) is 25.6 Å². The second-order valence-electron chi connectivity index (χ2n) is 7.23. The van der Waals surface area contributed by atoms with Crippen LogP contribution >= 0.6 is 11.6 Å². The molecular weight excluding hydrogens is 346 g/mol. The van der Waals surface area contributed by atoms with Gasteiger partial charge in [0.25, 0.3) is 0 Å². The maximum atomic E-state index is 11.3. The molecule has 1 N–H and O–H groups in total. The second kappa shape index (κ2) is 24.7. The highest BCUT2D eigenvalue weighted by molar-refractivity contribution is 6.19. The summed E-state index contributed by atoms with van der Waals surface area (Å²) in [4.78, 5) is 11.3. The van der Waals surface area contributed by atoms with Gasteiger partial charge in [-0.15, -0.1) is 0 Å². The van der Waals surface area contributed by atoms with Crippen LogP contribution in [0.2, 0.25) is 0 Å². The number of nitrogens with one attached hydrogen (secondary N) is 1. The molecule has 3 nitrogen and oxygen atoms in total. The predicted molar refractivity (Wildman–Crippen MR) is 116 cm³/mol. The van der Waals surface area contributed by atoms with Crippen molar-refractivity contribution in [2.75, 3.05) is 14.1 Å². The molecule has 0 rings (SSSR count). The molecule has 0 aliphatic rings. The molecule has 0 heterocycles. The SMILES string of the molecule is CCCCCCCCCCCCCCCCCC(=O)OC(C)Cl.CNC. The average Bonchev–Trinajstić information content (AvgIpc) is 2.58. The zero-order valence-electron chi connectivity index (χ0n) is 18.1. The lowest BCUT2D eigenvalue weighted by Crippen LogP contribution is -2.08. The normalized spacial score (nSPS) is 11.6. The van der Waals surface area contributed by atoms with Crippen molar-refractivity contribution in [3.63, 3.8) is 0 Å². The lowest BCUT2D eigenvalue weighted by atomic mass is 10.0. The number of halogens is 1. The van der Waals surface area contributed by atoms with E-state index in [1.165, 1.54) is 83.5 Å². The van der Waals surface area contributed by atoms with Crippen molar-refractivity contribution >= 4 is 17.6 Å². The average molecular weight is 392 g/mol. The van der Waals surface area contributed by atoms with Crippen LogP contribution in [0.3, 0.4) is 0 Å². The van der Waals surface area contributed by atoms with Gasteiger partial charge in [0.05, 0.1) is 0 Å². The first kappa shape index (κ1) is 27.9. The summed E-state index contributed by atoms with van der Waals surface area (Å²) < 4.78 is 4.90. The summed E-state index contributed by atoms with van der Waals surface area (Å²) in [5.74, 6) is -0.165. The van der Waals surface area contributed by atoms with E-state index >= 15 is 0 Å². The minimum Gasteiger partial charge on any atom is -0.446 e. The highest BCUT2D eigenvalue weighted by Crippen LogP contribution is 2.14. The fraction of sp³-hybridized carbons (Fsp3) is 0.955. The topological polar surface area (TPSA) is 38.3 Å². The molecule has 0 bridgehead atoms. The van der Waals surface area contributed by atoms with Gasteiger partial charge in [-0.3, -0.25) is 4.79 Å². The second-order valence-corrected chi connectivity index (χ2v) is 7.85. The molecule has 0 radical (unpaired) electrons. The van der Waals surface area contributed by atoms with Gasteiger partial charge in [0.15, 0.2) is 5.56 Å². The molecule has 0 aromatic carbocycles. The maximum absolute atomic E-state index is 11.3. The van der Waals surface area contributed by atoms with E-state index in [4.69, 9.17) is 16.3 Å². The van der Waals surface area contributed by atoms with Crippen LogP contribution in [0.5, 0.6) is 0 Å². The van der Waals surface area contributed by atoms with Crippen LogP contribution < -0.4 is 5.32 Å². The van der Waals surface area contributed by atoms with Gasteiger partial charge in [-0.1, -0.05) is 108 Å². The van der Waals surface area contributed by atoms with E-state index in [2.05, 4.69) is 12.2 Å². The Morgan fingerprint density at radius 1 is 0.769 bits per heavy atom. The van der Waals surface area contributed by atoms with Gasteiger partial charge in [-0.25, -0.2) is 0 Å². The molecule has 0 aliphatic carbocycles. The van der Waals surface area contributed by atoms with E-state index in [-0.39, 0.29) is 5.97 Å². The van der Waals surface area contributed by atoms with E-state index in [1.807, 2.05) is 14.1 Å². The standard InChI is InChI=1S/C20H39ClO2.C2H7N/c1-3-4-5-6-7-8-9-10-11-12-13-14-15-16-17-18-20(22)23-19(2)21;1-3-2/h19H,3-18H2,1-2H3;3H,1-2H3. The van der Waals surface area contributed by atoms with Crippen molar-refractivity contribution in [3.05, 3.63) is 0 Å². The number of rotatable bonds is 17. The molecular formula is C22H46ClNO2. The Morgan fingerprint density at radius 3 is 1.38 bits per heavy atom. The number of carbonyl (C=O) groups excluding carboxylic acids is 1. The summed E-state index contributed by atoms with van der Waals surface area (Å²) in [7, 11) is 3.75.